The van der Waals surface area contributed by atoms with Crippen LogP contribution in [0.2, 0.25) is 0 Å². The van der Waals surface area contributed by atoms with Gasteiger partial charge in [0, 0.05) is 43.4 Å². The fraction of sp³-hybridized carbons (Fsp3) is 0.520. The summed E-state index contributed by atoms with van der Waals surface area (Å²) >= 11 is 0. The van der Waals surface area contributed by atoms with Gasteiger partial charge in [-0.15, -0.1) is 0 Å². The molecule has 31 heavy (non-hydrogen) atoms. The Hall–Kier alpha value is -2.31. The van der Waals surface area contributed by atoms with Gasteiger partial charge in [0.2, 0.25) is 0 Å². The molecule has 0 aliphatic heterocycles. The summed E-state index contributed by atoms with van der Waals surface area (Å²) in [4.78, 5) is 19.4. The Kier molecular flexibility index (Phi) is 8.15. The van der Waals surface area contributed by atoms with Crippen LogP contribution in [0.15, 0.2) is 36.4 Å². The number of nitrogens with zero attached hydrogens (tertiary/aromatic N) is 2. The molecular weight excluding hydrogens is 393 g/mol. The summed E-state index contributed by atoms with van der Waals surface area (Å²) in [6, 6.07) is 10.8. The molecule has 1 unspecified atom stereocenters. The van der Waals surface area contributed by atoms with Gasteiger partial charge in [0.05, 0.1) is 11.4 Å². The molecule has 0 bridgehead atoms. The third-order valence-corrected chi connectivity index (χ3v) is 6.50. The van der Waals surface area contributed by atoms with Gasteiger partial charge in [-0.2, -0.15) is 0 Å². The van der Waals surface area contributed by atoms with Crippen LogP contribution in [0.4, 0.5) is 4.39 Å². The minimum atomic E-state index is -0.371. The lowest BCUT2D eigenvalue weighted by Crippen LogP contribution is -2.38. The van der Waals surface area contributed by atoms with Crippen molar-refractivity contribution in [2.45, 2.75) is 64.6 Å². The number of aliphatic hydroxyl groups excluding tert-OH is 1. The average Bonchev–Trinajstić information content (AvgIpc) is 2.82. The second-order valence-corrected chi connectivity index (χ2v) is 8.74. The molecule has 2 aromatic rings. The van der Waals surface area contributed by atoms with Gasteiger partial charge < -0.3 is 15.3 Å². The second kappa shape index (κ2) is 10.8. The van der Waals surface area contributed by atoms with Crippen LogP contribution in [0.5, 0.6) is 0 Å². The van der Waals surface area contributed by atoms with Crippen molar-refractivity contribution in [3.63, 3.8) is 0 Å². The van der Waals surface area contributed by atoms with Crippen molar-refractivity contribution in [3.05, 3.63) is 53.5 Å². The Labute approximate surface area is 184 Å². The summed E-state index contributed by atoms with van der Waals surface area (Å²) in [6.07, 6.45) is 5.72. The van der Waals surface area contributed by atoms with Gasteiger partial charge in [-0.3, -0.25) is 4.79 Å². The van der Waals surface area contributed by atoms with Gasteiger partial charge in [-0.1, -0.05) is 38.3 Å². The molecule has 2 atom stereocenters. The molecule has 1 amide bonds. The molecule has 168 valence electrons. The topological polar surface area (TPSA) is 65.5 Å². The largest absolute Gasteiger partial charge is 0.396 e. The number of benzene rings is 1. The highest BCUT2D eigenvalue weighted by atomic mass is 19.1. The third-order valence-electron chi connectivity index (χ3n) is 6.50. The Balaban J connectivity index is 1.76. The molecule has 0 radical (unpaired) electrons. The summed E-state index contributed by atoms with van der Waals surface area (Å²) in [5, 5.41) is 12.5. The van der Waals surface area contributed by atoms with Gasteiger partial charge >= 0.3 is 0 Å². The zero-order valence-corrected chi connectivity index (χ0v) is 18.8. The van der Waals surface area contributed by atoms with Crippen molar-refractivity contribution < 1.29 is 14.3 Å². The smallest absolute Gasteiger partial charge is 0.253 e. The predicted molar refractivity (Wildman–Crippen MR) is 121 cm³/mol. The van der Waals surface area contributed by atoms with Gasteiger partial charge in [-0.25, -0.2) is 9.37 Å². The molecule has 1 fully saturated rings. The highest BCUT2D eigenvalue weighted by Gasteiger charge is 2.23. The lowest BCUT2D eigenvalue weighted by Gasteiger charge is -2.31. The number of carbonyl (C=O) groups is 1. The first-order valence-electron chi connectivity index (χ1n) is 11.3. The molecule has 1 aliphatic carbocycles. The van der Waals surface area contributed by atoms with E-state index >= 15 is 0 Å². The Morgan fingerprint density at radius 2 is 1.97 bits per heavy atom. The highest BCUT2D eigenvalue weighted by molar-refractivity contribution is 5.95. The number of hydrogen-bond acceptors (Lipinski definition) is 4. The molecule has 5 nitrogen and oxygen atoms in total. The maximum absolute atomic E-state index is 14.3. The first kappa shape index (κ1) is 23.4. The zero-order valence-electron chi connectivity index (χ0n) is 18.8. The lowest BCUT2D eigenvalue weighted by molar-refractivity contribution is 0.0696. The van der Waals surface area contributed by atoms with E-state index in [1.165, 1.54) is 25.3 Å². The van der Waals surface area contributed by atoms with Crippen LogP contribution in [0.1, 0.15) is 62.0 Å². The summed E-state index contributed by atoms with van der Waals surface area (Å²) in [7, 11) is 1.89. The molecule has 3 rings (SSSR count). The molecule has 0 saturated heterocycles. The maximum atomic E-state index is 14.3. The van der Waals surface area contributed by atoms with Crippen molar-refractivity contribution in [1.82, 2.24) is 15.2 Å². The quantitative estimate of drug-likeness (QED) is 0.655. The molecule has 6 heteroatoms. The number of aromatic nitrogens is 1. The number of aliphatic hydroxyl groups is 1. The Morgan fingerprint density at radius 3 is 2.68 bits per heavy atom. The first-order valence-corrected chi connectivity index (χ1v) is 11.3. The van der Waals surface area contributed by atoms with E-state index in [4.69, 9.17) is 0 Å². The van der Waals surface area contributed by atoms with Gasteiger partial charge in [0.1, 0.15) is 5.82 Å². The molecule has 0 spiro atoms. The number of nitrogens with one attached hydrogen (secondary N) is 1. The molecule has 1 aromatic heterocycles. The van der Waals surface area contributed by atoms with Crippen LogP contribution in [-0.4, -0.2) is 46.6 Å². The van der Waals surface area contributed by atoms with Crippen LogP contribution in [-0.2, 0) is 6.54 Å². The van der Waals surface area contributed by atoms with Gasteiger partial charge in [0.15, 0.2) is 0 Å². The van der Waals surface area contributed by atoms with Crippen molar-refractivity contribution in [1.29, 1.82) is 0 Å². The van der Waals surface area contributed by atoms with Crippen LogP contribution < -0.4 is 5.32 Å². The maximum Gasteiger partial charge on any atom is 0.253 e. The van der Waals surface area contributed by atoms with E-state index in [9.17, 15) is 14.3 Å². The summed E-state index contributed by atoms with van der Waals surface area (Å²) in [5.74, 6) is -0.288. The molecule has 1 aromatic carbocycles. The van der Waals surface area contributed by atoms with Crippen molar-refractivity contribution in [2.75, 3.05) is 13.7 Å². The minimum absolute atomic E-state index is 0.0181. The highest BCUT2D eigenvalue weighted by Crippen LogP contribution is 2.25. The van der Waals surface area contributed by atoms with E-state index in [-0.39, 0.29) is 36.8 Å². The van der Waals surface area contributed by atoms with E-state index < -0.39 is 0 Å². The number of hydrogen-bond donors (Lipinski definition) is 2. The second-order valence-electron chi connectivity index (χ2n) is 8.74. The van der Waals surface area contributed by atoms with Crippen LogP contribution in [0.25, 0.3) is 11.3 Å². The molecule has 1 heterocycles. The standard InChI is InChI=1S/C25H34FN3O2/c1-17(16-30)18(2)27-15-24-22(26)12-13-23(28-24)19-8-7-9-20(14-19)25(31)29(3)21-10-5-4-6-11-21/h7-9,12-14,17-18,21,27,30H,4-6,10-11,15-16H2,1-3H3/t17?,18-/m1/s1. The van der Waals surface area contributed by atoms with E-state index in [2.05, 4.69) is 10.3 Å². The molecular formula is C25H34FN3O2. The minimum Gasteiger partial charge on any atom is -0.396 e. The Morgan fingerprint density at radius 1 is 1.23 bits per heavy atom. The number of rotatable bonds is 8. The van der Waals surface area contributed by atoms with E-state index in [0.717, 1.165) is 18.4 Å². The summed E-state index contributed by atoms with van der Waals surface area (Å²) < 4.78 is 14.3. The third kappa shape index (κ3) is 5.89. The van der Waals surface area contributed by atoms with Crippen LogP contribution >= 0.6 is 0 Å². The average molecular weight is 428 g/mol. The van der Waals surface area contributed by atoms with E-state index in [0.29, 0.717) is 23.0 Å². The van der Waals surface area contributed by atoms with Crippen molar-refractivity contribution >= 4 is 5.91 Å². The van der Waals surface area contributed by atoms with Crippen LogP contribution in [0.3, 0.4) is 0 Å². The number of carbonyl (C=O) groups excluding carboxylic acids is 1. The number of amides is 1. The van der Waals surface area contributed by atoms with Gasteiger partial charge in [0.25, 0.3) is 5.91 Å². The number of pyridine rings is 1. The number of halogens is 1. The van der Waals surface area contributed by atoms with Crippen molar-refractivity contribution in [3.8, 4) is 11.3 Å². The van der Waals surface area contributed by atoms with E-state index in [1.54, 1.807) is 6.07 Å². The molecule has 1 saturated carbocycles. The fourth-order valence-electron chi connectivity index (χ4n) is 4.04. The normalized spacial score (nSPS) is 16.7. The fourth-order valence-corrected chi connectivity index (χ4v) is 4.04. The molecule has 1 aliphatic rings. The van der Waals surface area contributed by atoms with E-state index in [1.807, 2.05) is 50.1 Å². The monoisotopic (exact) mass is 427 g/mol. The lowest BCUT2D eigenvalue weighted by atomic mass is 9.94. The first-order chi connectivity index (χ1) is 14.9. The van der Waals surface area contributed by atoms with Gasteiger partial charge in [-0.05, 0) is 49.9 Å². The predicted octanol–water partition coefficient (Wildman–Crippen LogP) is 4.40. The van der Waals surface area contributed by atoms with Crippen molar-refractivity contribution in [2.24, 2.45) is 5.92 Å². The summed E-state index contributed by atoms with van der Waals surface area (Å²) in [6.45, 7) is 4.24. The SMILES string of the molecule is CC(CO)[C@@H](C)NCc1nc(-c2cccc(C(=O)N(C)C3CCCCC3)c2)ccc1F. The molecule has 2 N–H and O–H groups in total. The van der Waals surface area contributed by atoms with Crippen LogP contribution in [0, 0.1) is 11.7 Å². The Bertz CT molecular complexity index is 883. The zero-order chi connectivity index (χ0) is 22.4. The summed E-state index contributed by atoms with van der Waals surface area (Å²) in [5.41, 5.74) is 2.38.